The Hall–Kier alpha value is -2.12. The highest BCUT2D eigenvalue weighted by Gasteiger charge is 2.13. The monoisotopic (exact) mass is 360 g/mol. The molecule has 0 aliphatic heterocycles. The van der Waals surface area contributed by atoms with Gasteiger partial charge in [-0.05, 0) is 12.1 Å². The average molecular weight is 360 g/mol. The van der Waals surface area contributed by atoms with Crippen molar-refractivity contribution in [3.05, 3.63) is 59.7 Å². The quantitative estimate of drug-likeness (QED) is 0.484. The first-order chi connectivity index (χ1) is 12.6. The van der Waals surface area contributed by atoms with Crippen molar-refractivity contribution in [3.63, 3.8) is 0 Å². The highest BCUT2D eigenvalue weighted by Crippen LogP contribution is 2.19. The fourth-order valence-electron chi connectivity index (χ4n) is 2.88. The molecule has 0 saturated carbocycles. The molecule has 0 saturated heterocycles. The number of aromatic hydroxyl groups is 2. The number of benzene rings is 2. The van der Waals surface area contributed by atoms with Crippen LogP contribution in [-0.4, -0.2) is 69.6 Å². The van der Waals surface area contributed by atoms with Crippen molar-refractivity contribution in [2.45, 2.75) is 13.1 Å². The van der Waals surface area contributed by atoms with E-state index in [9.17, 15) is 20.4 Å². The van der Waals surface area contributed by atoms with E-state index < -0.39 is 0 Å². The summed E-state index contributed by atoms with van der Waals surface area (Å²) < 4.78 is 0. The van der Waals surface area contributed by atoms with E-state index >= 15 is 0 Å². The molecule has 142 valence electrons. The number of hydrogen-bond donors (Lipinski definition) is 4. The lowest BCUT2D eigenvalue weighted by molar-refractivity contribution is 0.142. The van der Waals surface area contributed by atoms with Gasteiger partial charge in [0.15, 0.2) is 0 Å². The standard InChI is InChI=1S/C20H28N2O4/c23-13-11-21(15-17-5-1-3-7-19(17)25)9-10-22(12-14-24)16-18-6-2-4-8-20(18)26/h1-8,23-26H,9-16H2. The molecular formula is C20H28N2O4. The molecule has 6 heteroatoms. The van der Waals surface area contributed by atoms with E-state index in [0.717, 1.165) is 11.1 Å². The van der Waals surface area contributed by atoms with Gasteiger partial charge < -0.3 is 20.4 Å². The highest BCUT2D eigenvalue weighted by atomic mass is 16.3. The van der Waals surface area contributed by atoms with Crippen molar-refractivity contribution >= 4 is 0 Å². The molecular weight excluding hydrogens is 332 g/mol. The number of nitrogens with zero attached hydrogens (tertiary/aromatic N) is 2. The smallest absolute Gasteiger partial charge is 0.120 e. The number of aliphatic hydroxyl groups excluding tert-OH is 2. The van der Waals surface area contributed by atoms with Crippen LogP contribution < -0.4 is 0 Å². The number of phenols is 2. The first kappa shape index (κ1) is 20.2. The minimum absolute atomic E-state index is 0.0348. The number of phenolic OH excluding ortho intramolecular Hbond substituents is 2. The molecule has 0 heterocycles. The molecule has 0 aromatic heterocycles. The topological polar surface area (TPSA) is 87.4 Å². The van der Waals surface area contributed by atoms with Crippen molar-refractivity contribution < 1.29 is 20.4 Å². The van der Waals surface area contributed by atoms with E-state index in [0.29, 0.717) is 39.3 Å². The van der Waals surface area contributed by atoms with Crippen molar-refractivity contribution in [1.29, 1.82) is 0 Å². The Morgan fingerprint density at radius 1 is 0.577 bits per heavy atom. The van der Waals surface area contributed by atoms with Gasteiger partial charge in [-0.1, -0.05) is 36.4 Å². The third-order valence-electron chi connectivity index (χ3n) is 4.34. The maximum Gasteiger partial charge on any atom is 0.120 e. The van der Waals surface area contributed by atoms with Crippen LogP contribution in [0.2, 0.25) is 0 Å². The lowest BCUT2D eigenvalue weighted by Crippen LogP contribution is -2.37. The number of hydrogen-bond acceptors (Lipinski definition) is 6. The third-order valence-corrected chi connectivity index (χ3v) is 4.34. The van der Waals surface area contributed by atoms with Crippen molar-refractivity contribution in [2.24, 2.45) is 0 Å². The summed E-state index contributed by atoms with van der Waals surface area (Å²) in [6.07, 6.45) is 0. The van der Waals surface area contributed by atoms with E-state index in [1.807, 2.05) is 24.3 Å². The summed E-state index contributed by atoms with van der Waals surface area (Å²) in [5.74, 6) is 0.494. The molecule has 0 aliphatic rings. The summed E-state index contributed by atoms with van der Waals surface area (Å²) in [6.45, 7) is 3.48. The second-order valence-corrected chi connectivity index (χ2v) is 6.26. The largest absolute Gasteiger partial charge is 0.508 e. The maximum absolute atomic E-state index is 9.95. The van der Waals surface area contributed by atoms with E-state index in [1.165, 1.54) is 0 Å². The van der Waals surface area contributed by atoms with Crippen LogP contribution in [0, 0.1) is 0 Å². The Balaban J connectivity index is 1.97. The van der Waals surface area contributed by atoms with Crippen molar-refractivity contribution in [1.82, 2.24) is 9.80 Å². The van der Waals surface area contributed by atoms with Crippen LogP contribution in [-0.2, 0) is 13.1 Å². The molecule has 0 unspecified atom stereocenters. The summed E-state index contributed by atoms with van der Waals surface area (Å²) >= 11 is 0. The summed E-state index contributed by atoms with van der Waals surface area (Å²) in [7, 11) is 0. The fraction of sp³-hybridized carbons (Fsp3) is 0.400. The second-order valence-electron chi connectivity index (χ2n) is 6.26. The first-order valence-corrected chi connectivity index (χ1v) is 8.84. The van der Waals surface area contributed by atoms with E-state index in [4.69, 9.17) is 0 Å². The highest BCUT2D eigenvalue weighted by molar-refractivity contribution is 5.32. The lowest BCUT2D eigenvalue weighted by atomic mass is 10.1. The van der Waals surface area contributed by atoms with Gasteiger partial charge in [-0.15, -0.1) is 0 Å². The Morgan fingerprint density at radius 3 is 1.31 bits per heavy atom. The second kappa shape index (κ2) is 10.8. The van der Waals surface area contributed by atoms with Gasteiger partial charge in [-0.25, -0.2) is 0 Å². The molecule has 26 heavy (non-hydrogen) atoms. The Kier molecular flexibility index (Phi) is 8.37. The fourth-order valence-corrected chi connectivity index (χ4v) is 2.88. The first-order valence-electron chi connectivity index (χ1n) is 8.84. The summed E-state index contributed by atoms with van der Waals surface area (Å²) in [6, 6.07) is 14.4. The molecule has 0 aliphatic carbocycles. The van der Waals surface area contributed by atoms with Crippen LogP contribution in [0.1, 0.15) is 11.1 Å². The Morgan fingerprint density at radius 2 is 0.962 bits per heavy atom. The van der Waals surface area contributed by atoms with Crippen LogP contribution in [0.25, 0.3) is 0 Å². The molecule has 0 radical (unpaired) electrons. The van der Waals surface area contributed by atoms with E-state index in [-0.39, 0.29) is 24.7 Å². The SMILES string of the molecule is OCCN(CCN(CCO)Cc1ccccc1O)Cc1ccccc1O. The average Bonchev–Trinajstić information content (AvgIpc) is 2.63. The van der Waals surface area contributed by atoms with Crippen LogP contribution in [0.5, 0.6) is 11.5 Å². The zero-order chi connectivity index (χ0) is 18.8. The predicted octanol–water partition coefficient (Wildman–Crippen LogP) is 1.39. The van der Waals surface area contributed by atoms with Gasteiger partial charge in [0.2, 0.25) is 0 Å². The zero-order valence-corrected chi connectivity index (χ0v) is 15.0. The molecule has 0 atom stereocenters. The molecule has 0 fully saturated rings. The third kappa shape index (κ3) is 6.31. The molecule has 2 aromatic carbocycles. The van der Waals surface area contributed by atoms with Crippen LogP contribution in [0.3, 0.4) is 0 Å². The van der Waals surface area contributed by atoms with Crippen LogP contribution in [0.15, 0.2) is 48.5 Å². The van der Waals surface area contributed by atoms with Crippen LogP contribution in [0.4, 0.5) is 0 Å². The lowest BCUT2D eigenvalue weighted by Gasteiger charge is -2.27. The molecule has 0 bridgehead atoms. The van der Waals surface area contributed by atoms with Crippen molar-refractivity contribution in [2.75, 3.05) is 39.4 Å². The van der Waals surface area contributed by atoms with Gasteiger partial charge in [-0.3, -0.25) is 9.80 Å². The summed E-state index contributed by atoms with van der Waals surface area (Å²) in [5.41, 5.74) is 1.63. The number of aliphatic hydroxyl groups is 2. The number of para-hydroxylation sites is 2. The number of rotatable bonds is 11. The molecule has 2 rings (SSSR count). The predicted molar refractivity (Wildman–Crippen MR) is 101 cm³/mol. The molecule has 0 amide bonds. The minimum atomic E-state index is 0.0348. The molecule has 6 nitrogen and oxygen atoms in total. The normalized spacial score (nSPS) is 11.4. The van der Waals surface area contributed by atoms with E-state index in [2.05, 4.69) is 9.80 Å². The van der Waals surface area contributed by atoms with Crippen LogP contribution >= 0.6 is 0 Å². The minimum Gasteiger partial charge on any atom is -0.508 e. The van der Waals surface area contributed by atoms with Gasteiger partial charge in [0.1, 0.15) is 11.5 Å². The Labute approximate surface area is 154 Å². The summed E-state index contributed by atoms with van der Waals surface area (Å²) in [4.78, 5) is 4.12. The van der Waals surface area contributed by atoms with Crippen molar-refractivity contribution in [3.8, 4) is 11.5 Å². The zero-order valence-electron chi connectivity index (χ0n) is 15.0. The molecule has 2 aromatic rings. The Bertz CT molecular complexity index is 608. The molecule has 4 N–H and O–H groups in total. The van der Waals surface area contributed by atoms with Gasteiger partial charge in [0.25, 0.3) is 0 Å². The van der Waals surface area contributed by atoms with Gasteiger partial charge in [0, 0.05) is 50.4 Å². The van der Waals surface area contributed by atoms with Gasteiger partial charge in [-0.2, -0.15) is 0 Å². The van der Waals surface area contributed by atoms with Gasteiger partial charge in [0.05, 0.1) is 13.2 Å². The molecule has 0 spiro atoms. The summed E-state index contributed by atoms with van der Waals surface area (Å²) in [5, 5.41) is 38.6. The van der Waals surface area contributed by atoms with E-state index in [1.54, 1.807) is 24.3 Å². The maximum atomic E-state index is 9.95. The van der Waals surface area contributed by atoms with Gasteiger partial charge >= 0.3 is 0 Å².